The first-order chi connectivity index (χ1) is 15.4. The number of H-pyrrole nitrogens is 1. The monoisotopic (exact) mass is 432 g/mol. The summed E-state index contributed by atoms with van der Waals surface area (Å²) in [6.45, 7) is 9.62. The molecule has 0 amide bonds. The van der Waals surface area contributed by atoms with E-state index in [1.54, 1.807) is 11.1 Å². The molecule has 0 saturated heterocycles. The lowest BCUT2D eigenvalue weighted by atomic mass is 9.47. The second-order valence-electron chi connectivity index (χ2n) is 12.2. The molecule has 7 atom stereocenters. The first kappa shape index (κ1) is 21.0. The minimum atomic E-state index is 0.341. The fourth-order valence-electron chi connectivity index (χ4n) is 8.85. The number of benzene rings is 1. The summed E-state index contributed by atoms with van der Waals surface area (Å²) in [7, 11) is 0. The van der Waals surface area contributed by atoms with Gasteiger partial charge < -0.3 is 4.74 Å². The van der Waals surface area contributed by atoms with Crippen LogP contribution in [-0.2, 0) is 4.74 Å². The van der Waals surface area contributed by atoms with Crippen LogP contribution >= 0.6 is 0 Å². The zero-order chi connectivity index (χ0) is 22.1. The molecule has 3 fully saturated rings. The third-order valence-electron chi connectivity index (χ3n) is 10.4. The van der Waals surface area contributed by atoms with Gasteiger partial charge in [0.1, 0.15) is 0 Å². The van der Waals surface area contributed by atoms with E-state index in [0.717, 1.165) is 23.3 Å². The van der Waals surface area contributed by atoms with Crippen LogP contribution in [0.4, 0.5) is 0 Å². The van der Waals surface area contributed by atoms with E-state index < -0.39 is 0 Å². The molecular formula is C29H40N2O. The number of allylic oxidation sites excluding steroid dienone is 1. The summed E-state index contributed by atoms with van der Waals surface area (Å²) in [6, 6.07) is 7.04. The fraction of sp³-hybridized carbons (Fsp3) is 0.690. The number of nitrogens with one attached hydrogen (secondary N) is 1. The van der Waals surface area contributed by atoms with Crippen LogP contribution in [0.3, 0.4) is 0 Å². The molecule has 3 saturated carbocycles. The van der Waals surface area contributed by atoms with E-state index in [4.69, 9.17) is 4.74 Å². The van der Waals surface area contributed by atoms with E-state index in [-0.39, 0.29) is 0 Å². The van der Waals surface area contributed by atoms with Crippen molar-refractivity contribution in [1.29, 1.82) is 0 Å². The van der Waals surface area contributed by atoms with Crippen LogP contribution in [0.25, 0.3) is 10.9 Å². The van der Waals surface area contributed by atoms with Crippen molar-refractivity contribution in [3.05, 3.63) is 41.6 Å². The van der Waals surface area contributed by atoms with Gasteiger partial charge in [-0.2, -0.15) is 5.10 Å². The number of ether oxygens (including phenoxy) is 1. The summed E-state index contributed by atoms with van der Waals surface area (Å²) in [4.78, 5) is 0. The lowest BCUT2D eigenvalue weighted by Gasteiger charge is -2.58. The van der Waals surface area contributed by atoms with E-state index in [1.807, 2.05) is 6.20 Å². The fourth-order valence-corrected chi connectivity index (χ4v) is 8.85. The molecule has 172 valence electrons. The highest BCUT2D eigenvalue weighted by Gasteiger charge is 2.58. The highest BCUT2D eigenvalue weighted by atomic mass is 16.5. The topological polar surface area (TPSA) is 37.9 Å². The largest absolute Gasteiger partial charge is 0.375 e. The average Bonchev–Trinajstić information content (AvgIpc) is 3.36. The van der Waals surface area contributed by atoms with Gasteiger partial charge in [-0.05, 0) is 117 Å². The van der Waals surface area contributed by atoms with Gasteiger partial charge in [-0.25, -0.2) is 0 Å². The van der Waals surface area contributed by atoms with E-state index in [0.29, 0.717) is 29.0 Å². The van der Waals surface area contributed by atoms with Crippen molar-refractivity contribution in [1.82, 2.24) is 10.2 Å². The Morgan fingerprint density at radius 2 is 1.94 bits per heavy atom. The molecule has 1 aromatic heterocycles. The Morgan fingerprint density at radius 3 is 2.78 bits per heavy atom. The molecule has 1 N–H and O–H groups in total. The van der Waals surface area contributed by atoms with E-state index in [1.165, 1.54) is 56.8 Å². The number of hydrogen-bond donors (Lipinski definition) is 1. The summed E-state index contributed by atoms with van der Waals surface area (Å²) in [6.07, 6.45) is 16.0. The summed E-state index contributed by atoms with van der Waals surface area (Å²) in [5, 5.41) is 8.63. The summed E-state index contributed by atoms with van der Waals surface area (Å²) >= 11 is 0. The smallest absolute Gasteiger partial charge is 0.0650 e. The number of aromatic nitrogens is 2. The standard InChI is InChI=1S/C29H40N2O/c1-18(2)32-22-11-13-28(3)21(16-22)6-7-23-25-9-8-24(29(25,4)14-12-26(23)28)19-5-10-27-20(15-19)17-30-31-27/h5-6,10,15,17-18,22-26H,7-9,11-14,16H2,1-4H3,(H,30,31)/t22-,23-,24+,25-,26-,28-,29+/m0/s1. The molecule has 0 bridgehead atoms. The molecule has 32 heavy (non-hydrogen) atoms. The predicted octanol–water partition coefficient (Wildman–Crippen LogP) is 7.40. The van der Waals surface area contributed by atoms with Crippen molar-refractivity contribution < 1.29 is 4.74 Å². The molecule has 1 aromatic carbocycles. The van der Waals surface area contributed by atoms with Gasteiger partial charge in [0.15, 0.2) is 0 Å². The highest BCUT2D eigenvalue weighted by Crippen LogP contribution is 2.68. The number of nitrogens with zero attached hydrogens (tertiary/aromatic N) is 1. The van der Waals surface area contributed by atoms with Crippen LogP contribution < -0.4 is 0 Å². The van der Waals surface area contributed by atoms with Crippen molar-refractivity contribution in [3.8, 4) is 0 Å². The van der Waals surface area contributed by atoms with Crippen LogP contribution in [0, 0.1) is 28.6 Å². The number of hydrogen-bond acceptors (Lipinski definition) is 2. The zero-order valence-electron chi connectivity index (χ0n) is 20.4. The van der Waals surface area contributed by atoms with Gasteiger partial charge in [0.25, 0.3) is 0 Å². The minimum absolute atomic E-state index is 0.341. The third-order valence-corrected chi connectivity index (χ3v) is 10.4. The van der Waals surface area contributed by atoms with Crippen molar-refractivity contribution in [2.24, 2.45) is 28.6 Å². The number of aromatic amines is 1. The van der Waals surface area contributed by atoms with Crippen LogP contribution in [0.15, 0.2) is 36.0 Å². The molecule has 3 heteroatoms. The Kier molecular flexibility index (Phi) is 4.88. The van der Waals surface area contributed by atoms with Crippen molar-refractivity contribution >= 4 is 10.9 Å². The predicted molar refractivity (Wildman–Crippen MR) is 131 cm³/mol. The van der Waals surface area contributed by atoms with E-state index >= 15 is 0 Å². The maximum atomic E-state index is 6.25. The molecular weight excluding hydrogens is 392 g/mol. The first-order valence-corrected chi connectivity index (χ1v) is 13.2. The number of fused-ring (bicyclic) bond motifs is 6. The van der Waals surface area contributed by atoms with Gasteiger partial charge in [0.05, 0.1) is 23.9 Å². The van der Waals surface area contributed by atoms with Gasteiger partial charge >= 0.3 is 0 Å². The minimum Gasteiger partial charge on any atom is -0.375 e. The Morgan fingerprint density at radius 1 is 1.06 bits per heavy atom. The molecule has 4 aliphatic carbocycles. The van der Waals surface area contributed by atoms with Gasteiger partial charge in [0, 0.05) is 5.39 Å². The maximum absolute atomic E-state index is 6.25. The van der Waals surface area contributed by atoms with Crippen LogP contribution in [-0.4, -0.2) is 22.4 Å². The van der Waals surface area contributed by atoms with E-state index in [9.17, 15) is 0 Å². The van der Waals surface area contributed by atoms with Crippen LogP contribution in [0.5, 0.6) is 0 Å². The maximum Gasteiger partial charge on any atom is 0.0650 e. The normalized spacial score (nSPS) is 41.3. The Bertz CT molecular complexity index is 1040. The lowest BCUT2D eigenvalue weighted by molar-refractivity contribution is -0.0610. The van der Waals surface area contributed by atoms with Crippen molar-refractivity contribution in [2.75, 3.05) is 0 Å². The Labute approximate surface area is 193 Å². The third kappa shape index (κ3) is 3.06. The molecule has 2 aromatic rings. The SMILES string of the molecule is CC(C)O[C@H]1CC[C@@]2(C)C(=CC[C@H]3[C@@H]4CC[C@H](c5ccc6[nH]ncc6c5)[C@@]4(C)CC[C@@H]32)C1. The quantitative estimate of drug-likeness (QED) is 0.513. The molecule has 1 heterocycles. The molecule has 0 unspecified atom stereocenters. The molecule has 0 spiro atoms. The van der Waals surface area contributed by atoms with Crippen LogP contribution in [0.1, 0.15) is 90.5 Å². The van der Waals surface area contributed by atoms with Gasteiger partial charge in [-0.3, -0.25) is 5.10 Å². The second kappa shape index (κ2) is 7.45. The molecule has 0 radical (unpaired) electrons. The summed E-state index contributed by atoms with van der Waals surface area (Å²) < 4.78 is 6.25. The van der Waals surface area contributed by atoms with Crippen LogP contribution in [0.2, 0.25) is 0 Å². The summed E-state index contributed by atoms with van der Waals surface area (Å²) in [5.74, 6) is 3.30. The molecule has 3 nitrogen and oxygen atoms in total. The van der Waals surface area contributed by atoms with Crippen molar-refractivity contribution in [2.45, 2.75) is 97.2 Å². The second-order valence-corrected chi connectivity index (χ2v) is 12.2. The van der Waals surface area contributed by atoms with Crippen molar-refractivity contribution in [3.63, 3.8) is 0 Å². The van der Waals surface area contributed by atoms with Gasteiger partial charge in [-0.1, -0.05) is 31.6 Å². The Hall–Kier alpha value is -1.61. The first-order valence-electron chi connectivity index (χ1n) is 13.2. The van der Waals surface area contributed by atoms with Gasteiger partial charge in [-0.15, -0.1) is 0 Å². The average molecular weight is 433 g/mol. The summed E-state index contributed by atoms with van der Waals surface area (Å²) in [5.41, 5.74) is 5.30. The van der Waals surface area contributed by atoms with Gasteiger partial charge in [0.2, 0.25) is 0 Å². The number of rotatable bonds is 3. The van der Waals surface area contributed by atoms with E-state index in [2.05, 4.69) is 62.2 Å². The highest BCUT2D eigenvalue weighted by molar-refractivity contribution is 5.78. The lowest BCUT2D eigenvalue weighted by Crippen LogP contribution is -2.50. The molecule has 0 aliphatic heterocycles. The molecule has 6 rings (SSSR count). The molecule has 4 aliphatic rings. The Balaban J connectivity index is 1.27. The zero-order valence-corrected chi connectivity index (χ0v) is 20.4.